The fourth-order valence-corrected chi connectivity index (χ4v) is 3.62. The van der Waals surface area contributed by atoms with Crippen LogP contribution >= 0.6 is 0 Å². The van der Waals surface area contributed by atoms with Gasteiger partial charge in [-0.3, -0.25) is 19.3 Å². The van der Waals surface area contributed by atoms with Crippen LogP contribution in [0.1, 0.15) is 59.3 Å². The van der Waals surface area contributed by atoms with Crippen LogP contribution in [-0.4, -0.2) is 65.9 Å². The Balaban J connectivity index is 1.60. The van der Waals surface area contributed by atoms with Crippen molar-refractivity contribution in [3.63, 3.8) is 0 Å². The Morgan fingerprint density at radius 3 is 2.47 bits per heavy atom. The summed E-state index contributed by atoms with van der Waals surface area (Å²) in [4.78, 5) is 54.9. The minimum atomic E-state index is -0.611. The van der Waals surface area contributed by atoms with Gasteiger partial charge < -0.3 is 15.5 Å². The van der Waals surface area contributed by atoms with Gasteiger partial charge in [0.15, 0.2) is 0 Å². The molecule has 2 rings (SSSR count). The number of hydrogen-bond acceptors (Lipinski definition) is 6. The van der Waals surface area contributed by atoms with E-state index in [0.29, 0.717) is 12.1 Å². The Bertz CT molecular complexity index is 669. The molecule has 2 heterocycles. The van der Waals surface area contributed by atoms with E-state index in [0.717, 1.165) is 31.0 Å². The van der Waals surface area contributed by atoms with Crippen molar-refractivity contribution in [2.45, 2.75) is 65.3 Å². The third-order valence-electron chi connectivity index (χ3n) is 4.98. The molecular weight excluding hydrogens is 397 g/mol. The van der Waals surface area contributed by atoms with Crippen LogP contribution in [0.4, 0.5) is 0 Å². The fraction of sp³-hybridized carbons (Fsp3) is 0.714. The Morgan fingerprint density at radius 2 is 1.83 bits per heavy atom. The number of hydrogen-bond donors (Lipinski definition) is 2. The summed E-state index contributed by atoms with van der Waals surface area (Å²) in [6.45, 7) is 12.2. The van der Waals surface area contributed by atoms with E-state index in [4.69, 9.17) is 4.84 Å². The summed E-state index contributed by atoms with van der Waals surface area (Å²) in [5.41, 5.74) is 0.579. The minimum Gasteiger partial charge on any atom is -0.355 e. The maximum Gasteiger partial charge on any atom is 0.334 e. The zero-order valence-electron chi connectivity index (χ0n) is 18.3. The summed E-state index contributed by atoms with van der Waals surface area (Å²) in [7, 11) is 0. The second kappa shape index (κ2) is 10.6. The SMILES string of the molecule is C=C1CCC(=O)N1OC(=O)CCNC(=O)CC[15NH]C(=O)[13CH]1[13CH2][13CH2][13CH2]N1[13CH2]C([13CH3])([13CH3])[13CH3]. The highest BCUT2D eigenvalue weighted by Gasteiger charge is 2.32. The number of carbonyl (C=O) groups is 4. The molecule has 0 bridgehead atoms. The van der Waals surface area contributed by atoms with E-state index in [-0.39, 0.29) is 61.5 Å². The van der Waals surface area contributed by atoms with Crippen molar-refractivity contribution in [1.82, 2.24) is 20.6 Å². The first-order chi connectivity index (χ1) is 14.1. The summed E-state index contributed by atoms with van der Waals surface area (Å²) >= 11 is 0. The molecule has 2 N–H and O–H groups in total. The molecular formula is C21H34N4O5. The lowest BCUT2D eigenvalue weighted by atomic mass is 10.3. The van der Waals surface area contributed by atoms with Crippen LogP contribution in [0.25, 0.3) is 0 Å². The molecule has 2 aliphatic rings. The number of carbonyl (C=O) groups excluding carboxylic acids is 4. The average molecular weight is 431 g/mol. The predicted molar refractivity (Wildman–Crippen MR) is 111 cm³/mol. The minimum absolute atomic E-state index is 0.0383. The first-order valence-electron chi connectivity index (χ1n) is 10.6. The van der Waals surface area contributed by atoms with Crippen molar-refractivity contribution in [3.8, 4) is 0 Å². The molecule has 9 heteroatoms. The molecule has 1 unspecified atom stereocenters. The van der Waals surface area contributed by atoms with Crippen LogP contribution in [-0.2, 0) is 24.0 Å². The molecule has 1 atom stereocenters. The van der Waals surface area contributed by atoms with Gasteiger partial charge in [-0.25, -0.2) is 4.79 Å². The summed E-state index contributed by atoms with van der Waals surface area (Å²) in [6.07, 6.45) is 2.67. The lowest BCUT2D eigenvalue weighted by molar-refractivity contribution is -0.186. The van der Waals surface area contributed by atoms with Crippen LogP contribution in [0, 0.1) is 5.41 Å². The molecule has 0 saturated carbocycles. The van der Waals surface area contributed by atoms with Gasteiger partial charge in [0.25, 0.3) is 5.91 Å². The van der Waals surface area contributed by atoms with Gasteiger partial charge in [0.05, 0.1) is 18.2 Å². The third kappa shape index (κ3) is 7.44. The van der Waals surface area contributed by atoms with E-state index in [9.17, 15) is 19.2 Å². The van der Waals surface area contributed by atoms with Gasteiger partial charge >= 0.3 is 5.97 Å². The maximum atomic E-state index is 12.5. The van der Waals surface area contributed by atoms with Gasteiger partial charge in [-0.05, 0) is 31.2 Å². The van der Waals surface area contributed by atoms with E-state index in [1.165, 1.54) is 0 Å². The van der Waals surface area contributed by atoms with E-state index in [1.807, 2.05) is 0 Å². The Labute approximate surface area is 178 Å². The quantitative estimate of drug-likeness (QED) is 0.418. The van der Waals surface area contributed by atoms with Gasteiger partial charge in [0.1, 0.15) is 0 Å². The van der Waals surface area contributed by atoms with Crippen LogP contribution in [0.15, 0.2) is 12.3 Å². The topological polar surface area (TPSA) is 108 Å². The molecule has 0 aliphatic carbocycles. The maximum absolute atomic E-state index is 12.5. The lowest BCUT2D eigenvalue weighted by Gasteiger charge is -2.30. The monoisotopic (exact) mass is 431 g/mol. The second-order valence-electron chi connectivity index (χ2n) is 9.05. The number of likely N-dealkylation sites (tertiary alicyclic amines) is 1. The van der Waals surface area contributed by atoms with E-state index >= 15 is 0 Å². The molecule has 0 aromatic heterocycles. The Kier molecular flexibility index (Phi) is 8.40. The number of nitrogens with one attached hydrogen (secondary N) is 2. The smallest absolute Gasteiger partial charge is 0.334 e. The van der Waals surface area contributed by atoms with Crippen molar-refractivity contribution >= 4 is 23.7 Å². The molecule has 2 aliphatic heterocycles. The highest BCUT2D eigenvalue weighted by Crippen LogP contribution is 2.24. The summed E-state index contributed by atoms with van der Waals surface area (Å²) in [5, 5.41) is 6.38. The molecule has 2 saturated heterocycles. The van der Waals surface area contributed by atoms with Crippen molar-refractivity contribution < 1.29 is 24.0 Å². The largest absolute Gasteiger partial charge is 0.355 e. The fourth-order valence-electron chi connectivity index (χ4n) is 3.62. The number of rotatable bonds is 9. The van der Waals surface area contributed by atoms with Crippen LogP contribution in [0.2, 0.25) is 0 Å². The van der Waals surface area contributed by atoms with Crippen LogP contribution < -0.4 is 10.6 Å². The van der Waals surface area contributed by atoms with Crippen molar-refractivity contribution in [3.05, 3.63) is 12.3 Å². The van der Waals surface area contributed by atoms with Crippen molar-refractivity contribution in [2.75, 3.05) is 26.2 Å². The highest BCUT2D eigenvalue weighted by molar-refractivity contribution is 5.83. The van der Waals surface area contributed by atoms with Crippen LogP contribution in [0.3, 0.4) is 0 Å². The summed E-state index contributed by atoms with van der Waals surface area (Å²) in [5.74, 6) is -1.21. The van der Waals surface area contributed by atoms with E-state index < -0.39 is 5.97 Å². The predicted octanol–water partition coefficient (Wildman–Crippen LogP) is 1.10. The van der Waals surface area contributed by atoms with Gasteiger partial charge in [0, 0.05) is 32.5 Å². The zero-order valence-corrected chi connectivity index (χ0v) is 18.3. The average Bonchev–Trinajstić information content (AvgIpc) is 3.21. The standard InChI is InChI=1S/C21H34N4O5/c1-15-7-8-18(27)25(15)30-19(28)10-12-22-17(26)9-11-23-20(29)16-6-5-13-24(16)14-21(2,3)4/h16H,1,5-14H2,2-4H3,(H,22,26)(H,23,29)/i2+1,3+1,4+1,5+1,6+1,13+1,14+1,16+1,23+1. The third-order valence-corrected chi connectivity index (χ3v) is 4.98. The first-order valence-corrected chi connectivity index (χ1v) is 10.6. The molecule has 9 nitrogen and oxygen atoms in total. The molecule has 3 amide bonds. The van der Waals surface area contributed by atoms with Gasteiger partial charge in [-0.15, -0.1) is 5.06 Å². The molecule has 0 aromatic carbocycles. The Hall–Kier alpha value is -2.42. The number of nitrogens with zero attached hydrogens (tertiary/aromatic N) is 2. The zero-order chi connectivity index (χ0) is 22.3. The number of allylic oxidation sites excluding steroid dienone is 1. The van der Waals surface area contributed by atoms with Crippen molar-refractivity contribution in [2.24, 2.45) is 5.41 Å². The van der Waals surface area contributed by atoms with Gasteiger partial charge in [-0.1, -0.05) is 27.4 Å². The molecule has 0 radical (unpaired) electrons. The molecule has 30 heavy (non-hydrogen) atoms. The Morgan fingerprint density at radius 1 is 1.13 bits per heavy atom. The summed E-state index contributed by atoms with van der Waals surface area (Å²) < 4.78 is 0. The highest BCUT2D eigenvalue weighted by atomic mass is 16.7. The second-order valence-corrected chi connectivity index (χ2v) is 9.05. The molecule has 2 fully saturated rings. The van der Waals surface area contributed by atoms with Gasteiger partial charge in [-0.2, -0.15) is 0 Å². The number of hydroxylamine groups is 2. The number of amides is 3. The molecule has 0 aromatic rings. The van der Waals surface area contributed by atoms with Gasteiger partial charge in [0.2, 0.25) is 11.8 Å². The summed E-state index contributed by atoms with van der Waals surface area (Å²) in [6, 6.07) is -0.134. The molecule has 0 spiro atoms. The first kappa shape index (κ1) is 23.9. The normalized spacial score (nSPS) is 19.8. The lowest BCUT2D eigenvalue weighted by Crippen LogP contribution is -2.46. The van der Waals surface area contributed by atoms with Crippen LogP contribution in [0.5, 0.6) is 0 Å². The van der Waals surface area contributed by atoms with E-state index in [1.54, 1.807) is 0 Å². The molecule has 168 valence electrons. The van der Waals surface area contributed by atoms with E-state index in [2.05, 4.69) is 42.9 Å². The van der Waals surface area contributed by atoms with Crippen molar-refractivity contribution in [1.29, 1.82) is 0 Å².